The standard InChI is InChI=1S/C17H21N3O2/c1-19-6-7-22-16-12-20(11-15(16)10-19)17(21)8-13-2-4-14(9-18)5-3-13/h2-5,15-16H,6-8,10-12H2,1H3/t15-,16+/m0/s1. The first kappa shape index (κ1) is 15.0. The molecule has 2 fully saturated rings. The summed E-state index contributed by atoms with van der Waals surface area (Å²) in [6.07, 6.45) is 0.566. The van der Waals surface area contributed by atoms with Crippen LogP contribution in [-0.4, -0.2) is 61.6 Å². The first-order chi connectivity index (χ1) is 10.7. The highest BCUT2D eigenvalue weighted by atomic mass is 16.5. The third-order valence-electron chi connectivity index (χ3n) is 4.52. The molecular formula is C17H21N3O2. The molecule has 5 heteroatoms. The Hall–Kier alpha value is -1.90. The fourth-order valence-corrected chi connectivity index (χ4v) is 3.24. The molecule has 0 radical (unpaired) electrons. The van der Waals surface area contributed by atoms with Crippen molar-refractivity contribution in [3.8, 4) is 6.07 Å². The average Bonchev–Trinajstić information content (AvgIpc) is 2.83. The highest BCUT2D eigenvalue weighted by Gasteiger charge is 2.37. The Labute approximate surface area is 131 Å². The normalized spacial score (nSPS) is 25.4. The topological polar surface area (TPSA) is 56.6 Å². The summed E-state index contributed by atoms with van der Waals surface area (Å²) < 4.78 is 5.89. The van der Waals surface area contributed by atoms with Gasteiger partial charge in [-0.2, -0.15) is 5.26 Å². The number of nitriles is 1. The largest absolute Gasteiger partial charge is 0.375 e. The maximum Gasteiger partial charge on any atom is 0.227 e. The molecule has 0 saturated carbocycles. The van der Waals surface area contributed by atoms with E-state index in [1.165, 1.54) is 0 Å². The van der Waals surface area contributed by atoms with Crippen molar-refractivity contribution in [2.45, 2.75) is 12.5 Å². The van der Waals surface area contributed by atoms with Gasteiger partial charge in [0.1, 0.15) is 0 Å². The lowest BCUT2D eigenvalue weighted by Gasteiger charge is -2.19. The highest BCUT2D eigenvalue weighted by molar-refractivity contribution is 5.79. The van der Waals surface area contributed by atoms with Crippen molar-refractivity contribution in [1.82, 2.24) is 9.80 Å². The average molecular weight is 299 g/mol. The zero-order valence-electron chi connectivity index (χ0n) is 12.9. The molecule has 1 amide bonds. The summed E-state index contributed by atoms with van der Waals surface area (Å²) in [5, 5.41) is 8.80. The Balaban J connectivity index is 1.60. The van der Waals surface area contributed by atoms with Gasteiger partial charge in [0.05, 0.1) is 30.8 Å². The molecule has 1 aromatic rings. The summed E-state index contributed by atoms with van der Waals surface area (Å²) in [5.74, 6) is 0.557. The smallest absolute Gasteiger partial charge is 0.227 e. The maximum absolute atomic E-state index is 12.5. The number of benzene rings is 1. The predicted octanol–water partition coefficient (Wildman–Crippen LogP) is 0.890. The van der Waals surface area contributed by atoms with E-state index in [2.05, 4.69) is 18.0 Å². The molecule has 2 aliphatic heterocycles. The van der Waals surface area contributed by atoms with Crippen LogP contribution < -0.4 is 0 Å². The van der Waals surface area contributed by atoms with Crippen LogP contribution in [-0.2, 0) is 16.0 Å². The molecule has 22 heavy (non-hydrogen) atoms. The molecule has 3 rings (SSSR count). The second-order valence-corrected chi connectivity index (χ2v) is 6.22. The lowest BCUT2D eigenvalue weighted by molar-refractivity contribution is -0.130. The van der Waals surface area contributed by atoms with E-state index < -0.39 is 0 Å². The van der Waals surface area contributed by atoms with Crippen LogP contribution in [0.3, 0.4) is 0 Å². The Morgan fingerprint density at radius 2 is 2.09 bits per heavy atom. The minimum Gasteiger partial charge on any atom is -0.375 e. The van der Waals surface area contributed by atoms with Gasteiger partial charge in [0.2, 0.25) is 5.91 Å². The van der Waals surface area contributed by atoms with Gasteiger partial charge in [-0.15, -0.1) is 0 Å². The molecule has 0 aliphatic carbocycles. The van der Waals surface area contributed by atoms with E-state index in [0.717, 1.165) is 31.8 Å². The summed E-state index contributed by atoms with van der Waals surface area (Å²) in [6.45, 7) is 4.19. The van der Waals surface area contributed by atoms with E-state index in [9.17, 15) is 4.79 Å². The molecule has 2 aliphatic rings. The number of hydrogen-bond donors (Lipinski definition) is 0. The third-order valence-corrected chi connectivity index (χ3v) is 4.52. The Kier molecular flexibility index (Phi) is 4.41. The van der Waals surface area contributed by atoms with Crippen molar-refractivity contribution < 1.29 is 9.53 Å². The van der Waals surface area contributed by atoms with Gasteiger partial charge in [0, 0.05) is 32.1 Å². The lowest BCUT2D eigenvalue weighted by atomic mass is 10.1. The molecule has 2 atom stereocenters. The molecule has 0 spiro atoms. The molecule has 0 bridgehead atoms. The minimum absolute atomic E-state index is 0.143. The number of rotatable bonds is 2. The fourth-order valence-electron chi connectivity index (χ4n) is 3.24. The summed E-state index contributed by atoms with van der Waals surface area (Å²) in [5.41, 5.74) is 1.57. The zero-order valence-corrected chi connectivity index (χ0v) is 12.9. The molecule has 0 aromatic heterocycles. The van der Waals surface area contributed by atoms with Crippen LogP contribution in [0.1, 0.15) is 11.1 Å². The van der Waals surface area contributed by atoms with Gasteiger partial charge < -0.3 is 14.5 Å². The van der Waals surface area contributed by atoms with Gasteiger partial charge in [-0.25, -0.2) is 0 Å². The van der Waals surface area contributed by atoms with E-state index in [1.807, 2.05) is 17.0 Å². The highest BCUT2D eigenvalue weighted by Crippen LogP contribution is 2.23. The molecule has 0 N–H and O–H groups in total. The number of nitrogens with zero attached hydrogens (tertiary/aromatic N) is 3. The van der Waals surface area contributed by atoms with Crippen LogP contribution in [0.5, 0.6) is 0 Å². The molecule has 116 valence electrons. The van der Waals surface area contributed by atoms with Gasteiger partial charge in [-0.05, 0) is 24.7 Å². The van der Waals surface area contributed by atoms with E-state index in [-0.39, 0.29) is 12.0 Å². The Morgan fingerprint density at radius 1 is 1.32 bits per heavy atom. The number of likely N-dealkylation sites (tertiary alicyclic amines) is 1. The molecule has 2 saturated heterocycles. The first-order valence-electron chi connectivity index (χ1n) is 7.72. The van der Waals surface area contributed by atoms with Crippen LogP contribution >= 0.6 is 0 Å². The van der Waals surface area contributed by atoms with Crippen molar-refractivity contribution in [2.75, 3.05) is 39.8 Å². The summed E-state index contributed by atoms with van der Waals surface area (Å²) in [6, 6.07) is 9.32. The van der Waals surface area contributed by atoms with Gasteiger partial charge in [-0.1, -0.05) is 12.1 Å². The van der Waals surface area contributed by atoms with Gasteiger partial charge in [0.15, 0.2) is 0 Å². The molecule has 5 nitrogen and oxygen atoms in total. The maximum atomic E-state index is 12.5. The van der Waals surface area contributed by atoms with Crippen molar-refractivity contribution >= 4 is 5.91 Å². The van der Waals surface area contributed by atoms with Crippen molar-refractivity contribution in [2.24, 2.45) is 5.92 Å². The number of hydrogen-bond acceptors (Lipinski definition) is 4. The van der Waals surface area contributed by atoms with Crippen LogP contribution in [0.2, 0.25) is 0 Å². The van der Waals surface area contributed by atoms with Crippen LogP contribution in [0.15, 0.2) is 24.3 Å². The van der Waals surface area contributed by atoms with Gasteiger partial charge in [-0.3, -0.25) is 4.79 Å². The van der Waals surface area contributed by atoms with Gasteiger partial charge >= 0.3 is 0 Å². The molecule has 1 aromatic carbocycles. The van der Waals surface area contributed by atoms with Crippen molar-refractivity contribution in [1.29, 1.82) is 5.26 Å². The second kappa shape index (κ2) is 6.47. The first-order valence-corrected chi connectivity index (χ1v) is 7.72. The summed E-state index contributed by atoms with van der Waals surface area (Å²) in [4.78, 5) is 16.7. The third kappa shape index (κ3) is 3.29. The monoisotopic (exact) mass is 299 g/mol. The minimum atomic E-state index is 0.143. The molecule has 2 heterocycles. The number of carbonyl (C=O) groups excluding carboxylic acids is 1. The summed E-state index contributed by atoms with van der Waals surface area (Å²) >= 11 is 0. The number of fused-ring (bicyclic) bond motifs is 1. The second-order valence-electron chi connectivity index (χ2n) is 6.22. The van der Waals surface area contributed by atoms with Crippen LogP contribution in [0.4, 0.5) is 0 Å². The zero-order chi connectivity index (χ0) is 15.5. The molecule has 0 unspecified atom stereocenters. The van der Waals surface area contributed by atoms with Crippen molar-refractivity contribution in [3.63, 3.8) is 0 Å². The Morgan fingerprint density at radius 3 is 2.82 bits per heavy atom. The Bertz CT molecular complexity index is 579. The number of amides is 1. The van der Waals surface area contributed by atoms with Gasteiger partial charge in [0.25, 0.3) is 0 Å². The molecular weight excluding hydrogens is 278 g/mol. The fraction of sp³-hybridized carbons (Fsp3) is 0.529. The number of ether oxygens (including phenoxy) is 1. The van der Waals surface area contributed by atoms with Crippen LogP contribution in [0.25, 0.3) is 0 Å². The van der Waals surface area contributed by atoms with E-state index >= 15 is 0 Å². The number of carbonyl (C=O) groups is 1. The summed E-state index contributed by atoms with van der Waals surface area (Å²) in [7, 11) is 2.10. The van der Waals surface area contributed by atoms with Crippen molar-refractivity contribution in [3.05, 3.63) is 35.4 Å². The SMILES string of the molecule is CN1CCO[C@@H]2CN(C(=O)Cc3ccc(C#N)cc3)C[C@@H]2C1. The lowest BCUT2D eigenvalue weighted by Crippen LogP contribution is -2.33. The van der Waals surface area contributed by atoms with E-state index in [1.54, 1.807) is 12.1 Å². The van der Waals surface area contributed by atoms with E-state index in [0.29, 0.717) is 24.4 Å². The van der Waals surface area contributed by atoms with E-state index in [4.69, 9.17) is 10.00 Å². The number of likely N-dealkylation sites (N-methyl/N-ethyl adjacent to an activating group) is 1. The quantitative estimate of drug-likeness (QED) is 0.814. The predicted molar refractivity (Wildman–Crippen MR) is 82.2 cm³/mol. The van der Waals surface area contributed by atoms with Crippen LogP contribution in [0, 0.1) is 17.2 Å².